The maximum atomic E-state index is 13.8. The minimum atomic E-state index is -2.21. The topological polar surface area (TPSA) is 20.3 Å². The SMILES string of the molecule is CCCCCCCC[PH](C)(C(=O)N(CC(C)C)CC(C)C)c1ccccc1. The van der Waals surface area contributed by atoms with Gasteiger partial charge in [-0.3, -0.25) is 0 Å². The van der Waals surface area contributed by atoms with Crippen LogP contribution in [0.1, 0.15) is 73.1 Å². The van der Waals surface area contributed by atoms with E-state index in [2.05, 4.69) is 76.5 Å². The molecule has 0 aliphatic rings. The van der Waals surface area contributed by atoms with Crippen LogP contribution in [-0.4, -0.2) is 36.5 Å². The van der Waals surface area contributed by atoms with Crippen molar-refractivity contribution in [2.75, 3.05) is 25.9 Å². The Balaban J connectivity index is 2.96. The summed E-state index contributed by atoms with van der Waals surface area (Å²) < 4.78 is 0. The van der Waals surface area contributed by atoms with Gasteiger partial charge in [-0.2, -0.15) is 0 Å². The van der Waals surface area contributed by atoms with Crippen LogP contribution in [0.4, 0.5) is 4.79 Å². The number of rotatable bonds is 13. The molecule has 0 fully saturated rings. The van der Waals surface area contributed by atoms with Crippen molar-refractivity contribution < 1.29 is 4.79 Å². The summed E-state index contributed by atoms with van der Waals surface area (Å²) in [6, 6.07) is 10.7. The Morgan fingerprint density at radius 3 is 1.93 bits per heavy atom. The summed E-state index contributed by atoms with van der Waals surface area (Å²) in [5.74, 6) is 1.02. The molecule has 156 valence electrons. The molecule has 0 radical (unpaired) electrons. The Kier molecular flexibility index (Phi) is 11.2. The molecule has 0 saturated carbocycles. The quantitative estimate of drug-likeness (QED) is 0.267. The Morgan fingerprint density at radius 2 is 1.41 bits per heavy atom. The van der Waals surface area contributed by atoms with Gasteiger partial charge in [0, 0.05) is 0 Å². The third-order valence-electron chi connectivity index (χ3n) is 5.37. The van der Waals surface area contributed by atoms with Gasteiger partial charge in [0.1, 0.15) is 0 Å². The van der Waals surface area contributed by atoms with E-state index in [0.717, 1.165) is 19.3 Å². The van der Waals surface area contributed by atoms with Gasteiger partial charge in [-0.05, 0) is 0 Å². The average Bonchev–Trinajstić information content (AvgIpc) is 2.63. The number of benzene rings is 1. The molecule has 1 aromatic rings. The number of unbranched alkanes of at least 4 members (excludes halogenated alkanes) is 5. The number of carbonyl (C=O) groups is 1. The molecule has 3 heteroatoms. The van der Waals surface area contributed by atoms with E-state index in [4.69, 9.17) is 0 Å². The van der Waals surface area contributed by atoms with E-state index in [1.807, 2.05) is 0 Å². The van der Waals surface area contributed by atoms with Crippen molar-refractivity contribution in [2.24, 2.45) is 11.8 Å². The zero-order chi connectivity index (χ0) is 20.3. The van der Waals surface area contributed by atoms with E-state index in [1.54, 1.807) is 0 Å². The molecule has 0 bridgehead atoms. The molecule has 1 rings (SSSR count). The number of nitrogens with zero attached hydrogens (tertiary/aromatic N) is 1. The van der Waals surface area contributed by atoms with Crippen molar-refractivity contribution in [2.45, 2.75) is 73.1 Å². The summed E-state index contributed by atoms with van der Waals surface area (Å²) in [6.45, 7) is 15.2. The molecule has 1 aromatic carbocycles. The molecule has 0 aliphatic heterocycles. The second-order valence-corrected chi connectivity index (χ2v) is 13.4. The zero-order valence-electron chi connectivity index (χ0n) is 18.8. The number of hydrogen-bond acceptors (Lipinski definition) is 1. The summed E-state index contributed by atoms with van der Waals surface area (Å²) in [7, 11) is -2.21. The van der Waals surface area contributed by atoms with E-state index >= 15 is 0 Å². The number of carbonyl (C=O) groups excluding carboxylic acids is 1. The van der Waals surface area contributed by atoms with Crippen LogP contribution in [0, 0.1) is 11.8 Å². The first kappa shape index (κ1) is 24.2. The number of amides is 1. The van der Waals surface area contributed by atoms with E-state index in [-0.39, 0.29) is 0 Å². The third-order valence-corrected chi connectivity index (χ3v) is 9.59. The Bertz CT molecular complexity index is 518. The van der Waals surface area contributed by atoms with Crippen LogP contribution < -0.4 is 5.30 Å². The van der Waals surface area contributed by atoms with Gasteiger partial charge < -0.3 is 0 Å². The van der Waals surface area contributed by atoms with E-state index in [0.29, 0.717) is 17.5 Å². The molecule has 0 N–H and O–H groups in total. The molecular weight excluding hydrogens is 349 g/mol. The van der Waals surface area contributed by atoms with Gasteiger partial charge in [-0.1, -0.05) is 0 Å². The van der Waals surface area contributed by atoms with Gasteiger partial charge in [-0.25, -0.2) is 0 Å². The summed E-state index contributed by atoms with van der Waals surface area (Å²) in [5.41, 5.74) is 0.449. The van der Waals surface area contributed by atoms with E-state index in [9.17, 15) is 4.79 Å². The average molecular weight is 394 g/mol. The molecule has 1 amide bonds. The monoisotopic (exact) mass is 393 g/mol. The molecule has 0 saturated heterocycles. The van der Waals surface area contributed by atoms with Crippen LogP contribution in [0.3, 0.4) is 0 Å². The summed E-state index contributed by atoms with van der Waals surface area (Å²) in [5, 5.41) is 1.31. The van der Waals surface area contributed by atoms with Crippen LogP contribution in [0.2, 0.25) is 0 Å². The van der Waals surface area contributed by atoms with E-state index < -0.39 is 7.26 Å². The first-order valence-electron chi connectivity index (χ1n) is 11.2. The van der Waals surface area contributed by atoms with Crippen molar-refractivity contribution >= 4 is 18.2 Å². The van der Waals surface area contributed by atoms with Gasteiger partial charge in [0.05, 0.1) is 0 Å². The van der Waals surface area contributed by atoms with Crippen molar-refractivity contribution in [3.05, 3.63) is 30.3 Å². The maximum absolute atomic E-state index is 13.8. The van der Waals surface area contributed by atoms with Gasteiger partial charge in [0.25, 0.3) is 0 Å². The van der Waals surface area contributed by atoms with Gasteiger partial charge in [0.15, 0.2) is 0 Å². The van der Waals surface area contributed by atoms with E-state index in [1.165, 1.54) is 43.8 Å². The fourth-order valence-electron chi connectivity index (χ4n) is 3.91. The van der Waals surface area contributed by atoms with Gasteiger partial charge >= 0.3 is 169 Å². The normalized spacial score (nSPS) is 12.6. The predicted octanol–water partition coefficient (Wildman–Crippen LogP) is 6.79. The van der Waals surface area contributed by atoms with Crippen molar-refractivity contribution in [3.8, 4) is 0 Å². The molecule has 0 aliphatic carbocycles. The van der Waals surface area contributed by atoms with Crippen molar-refractivity contribution in [1.29, 1.82) is 0 Å². The molecule has 0 spiro atoms. The van der Waals surface area contributed by atoms with Crippen molar-refractivity contribution in [1.82, 2.24) is 4.90 Å². The van der Waals surface area contributed by atoms with Crippen LogP contribution in [0.25, 0.3) is 0 Å². The summed E-state index contributed by atoms with van der Waals surface area (Å²) in [6.07, 6.45) is 8.79. The Labute approximate surface area is 169 Å². The Morgan fingerprint density at radius 1 is 0.889 bits per heavy atom. The molecule has 0 aromatic heterocycles. The fraction of sp³-hybridized carbons (Fsp3) is 0.708. The van der Waals surface area contributed by atoms with Gasteiger partial charge in [-0.15, -0.1) is 0 Å². The molecular formula is C24H44NOP. The third kappa shape index (κ3) is 8.34. The fourth-order valence-corrected chi connectivity index (χ4v) is 7.43. The standard InChI is InChI=1S/C24H44NOP/c1-7-8-9-10-11-15-18-27(6,23-16-13-12-14-17-23)24(26)25(19-21(2)3)20-22(4)5/h12-14,16-17,21-22,27H,7-11,15,18-20H2,1-6H3. The molecule has 27 heavy (non-hydrogen) atoms. The molecule has 0 unspecified atom stereocenters. The first-order valence-corrected chi connectivity index (χ1v) is 13.9. The second-order valence-electron chi connectivity index (χ2n) is 9.21. The van der Waals surface area contributed by atoms with Crippen LogP contribution in [0.15, 0.2) is 30.3 Å². The van der Waals surface area contributed by atoms with Crippen LogP contribution in [-0.2, 0) is 0 Å². The van der Waals surface area contributed by atoms with Crippen molar-refractivity contribution in [3.63, 3.8) is 0 Å². The summed E-state index contributed by atoms with van der Waals surface area (Å²) in [4.78, 5) is 16.0. The van der Waals surface area contributed by atoms with Crippen LogP contribution >= 0.6 is 7.26 Å². The molecule has 0 atom stereocenters. The Hall–Kier alpha value is -0.880. The molecule has 0 heterocycles. The van der Waals surface area contributed by atoms with Crippen LogP contribution in [0.5, 0.6) is 0 Å². The predicted molar refractivity (Wildman–Crippen MR) is 125 cm³/mol. The van der Waals surface area contributed by atoms with Gasteiger partial charge in [0.2, 0.25) is 0 Å². The molecule has 2 nitrogen and oxygen atoms in total. The minimum absolute atomic E-state index is 0.449. The number of hydrogen-bond donors (Lipinski definition) is 0. The second kappa shape index (κ2) is 12.6. The summed E-state index contributed by atoms with van der Waals surface area (Å²) >= 11 is 0. The first-order chi connectivity index (χ1) is 12.8. The zero-order valence-corrected chi connectivity index (χ0v) is 19.8.